The van der Waals surface area contributed by atoms with E-state index < -0.39 is 0 Å². The Hall–Kier alpha value is -2.70. The average molecular weight is 364 g/mol. The fraction of sp³-hybridized carbons (Fsp3) is 0.333. The Balaban J connectivity index is 1.38. The van der Waals surface area contributed by atoms with Crippen LogP contribution in [-0.4, -0.2) is 47.1 Å². The average Bonchev–Trinajstić information content (AvgIpc) is 3.14. The van der Waals surface area contributed by atoms with Gasteiger partial charge in [0.15, 0.2) is 0 Å². The lowest BCUT2D eigenvalue weighted by Gasteiger charge is -2.26. The maximum absolute atomic E-state index is 12.6. The van der Waals surface area contributed by atoms with Crippen LogP contribution in [0.1, 0.15) is 34.7 Å². The van der Waals surface area contributed by atoms with E-state index >= 15 is 0 Å². The number of para-hydroxylation sites is 2. The molecule has 1 aliphatic heterocycles. The van der Waals surface area contributed by atoms with Crippen molar-refractivity contribution in [1.82, 2.24) is 20.2 Å². The third-order valence-electron chi connectivity index (χ3n) is 4.89. The normalized spacial score (nSPS) is 16.3. The number of nitrogens with zero attached hydrogens (tertiary/aromatic N) is 2. The molecule has 0 radical (unpaired) electrons. The van der Waals surface area contributed by atoms with Gasteiger partial charge in [0.2, 0.25) is 0 Å². The molecule has 6 heteroatoms. The highest BCUT2D eigenvalue weighted by molar-refractivity contribution is 5.94. The lowest BCUT2D eigenvalue weighted by molar-refractivity contribution is 0.0342. The quantitative estimate of drug-likeness (QED) is 0.730. The highest BCUT2D eigenvalue weighted by atomic mass is 16.5. The van der Waals surface area contributed by atoms with Crippen LogP contribution in [0.25, 0.3) is 11.0 Å². The van der Waals surface area contributed by atoms with Crippen LogP contribution in [0, 0.1) is 0 Å². The number of rotatable bonds is 5. The molecule has 1 aliphatic rings. The summed E-state index contributed by atoms with van der Waals surface area (Å²) >= 11 is 0. The number of amides is 1. The molecule has 0 aliphatic carbocycles. The number of H-pyrrole nitrogens is 1. The number of carbonyl (C=O) groups excluding carboxylic acids is 1. The predicted octanol–water partition coefficient (Wildman–Crippen LogP) is 2.89. The molecule has 1 unspecified atom stereocenters. The molecular formula is C21H24N4O2. The van der Waals surface area contributed by atoms with Crippen LogP contribution in [0.3, 0.4) is 0 Å². The van der Waals surface area contributed by atoms with Crippen molar-refractivity contribution in [3.05, 3.63) is 65.5 Å². The lowest BCUT2D eigenvalue weighted by Crippen LogP contribution is -2.35. The standard InChI is InChI=1S/C21H24N4O2/c1-15(20-23-18-4-2-3-5-19(18)24-20)22-21(26)17-8-6-16(7-9-17)14-25-10-12-27-13-11-25/h2-9,15H,10-14H2,1H3,(H,22,26)(H,23,24). The van der Waals surface area contributed by atoms with Crippen molar-refractivity contribution in [3.63, 3.8) is 0 Å². The Bertz CT molecular complexity index is 880. The number of fused-ring (bicyclic) bond motifs is 1. The van der Waals surface area contributed by atoms with E-state index in [9.17, 15) is 4.79 Å². The van der Waals surface area contributed by atoms with Crippen LogP contribution in [-0.2, 0) is 11.3 Å². The molecule has 2 heterocycles. The first-order valence-corrected chi connectivity index (χ1v) is 9.33. The summed E-state index contributed by atoms with van der Waals surface area (Å²) in [5.41, 5.74) is 3.74. The van der Waals surface area contributed by atoms with Gasteiger partial charge < -0.3 is 15.0 Å². The number of imidazole rings is 1. The number of ether oxygens (including phenoxy) is 1. The van der Waals surface area contributed by atoms with Crippen LogP contribution in [0.4, 0.5) is 0 Å². The Labute approximate surface area is 158 Å². The molecule has 1 saturated heterocycles. The van der Waals surface area contributed by atoms with Gasteiger partial charge in [-0.15, -0.1) is 0 Å². The SMILES string of the molecule is CC(NC(=O)c1ccc(CN2CCOCC2)cc1)c1nc2ccccc2[nH]1. The van der Waals surface area contributed by atoms with Crippen molar-refractivity contribution in [1.29, 1.82) is 0 Å². The van der Waals surface area contributed by atoms with Crippen molar-refractivity contribution in [2.75, 3.05) is 26.3 Å². The summed E-state index contributed by atoms with van der Waals surface area (Å²) in [4.78, 5) is 22.7. The van der Waals surface area contributed by atoms with E-state index in [0.29, 0.717) is 5.56 Å². The highest BCUT2D eigenvalue weighted by Gasteiger charge is 2.15. The Morgan fingerprint density at radius 1 is 1.19 bits per heavy atom. The van der Waals surface area contributed by atoms with Crippen molar-refractivity contribution >= 4 is 16.9 Å². The minimum Gasteiger partial charge on any atom is -0.379 e. The van der Waals surface area contributed by atoms with Crippen LogP contribution < -0.4 is 5.32 Å². The number of aromatic amines is 1. The number of nitrogens with one attached hydrogen (secondary N) is 2. The summed E-state index contributed by atoms with van der Waals surface area (Å²) in [7, 11) is 0. The summed E-state index contributed by atoms with van der Waals surface area (Å²) in [5.74, 6) is 0.661. The fourth-order valence-electron chi connectivity index (χ4n) is 3.30. The Morgan fingerprint density at radius 3 is 2.67 bits per heavy atom. The van der Waals surface area contributed by atoms with E-state index in [-0.39, 0.29) is 11.9 Å². The summed E-state index contributed by atoms with van der Waals surface area (Å²) < 4.78 is 5.38. The number of hydrogen-bond donors (Lipinski definition) is 2. The summed E-state index contributed by atoms with van der Waals surface area (Å²) in [6, 6.07) is 15.5. The van der Waals surface area contributed by atoms with Gasteiger partial charge >= 0.3 is 0 Å². The molecule has 0 spiro atoms. The molecule has 140 valence electrons. The maximum atomic E-state index is 12.6. The van der Waals surface area contributed by atoms with Gasteiger partial charge in [0.1, 0.15) is 5.82 Å². The Kier molecular flexibility index (Phi) is 5.18. The molecule has 6 nitrogen and oxygen atoms in total. The molecule has 4 rings (SSSR count). The van der Waals surface area contributed by atoms with Gasteiger partial charge in [-0.2, -0.15) is 0 Å². The van der Waals surface area contributed by atoms with Gasteiger partial charge in [-0.05, 0) is 36.8 Å². The zero-order valence-corrected chi connectivity index (χ0v) is 15.4. The number of aromatic nitrogens is 2. The zero-order valence-electron chi connectivity index (χ0n) is 15.4. The molecule has 2 N–H and O–H groups in total. The molecule has 0 saturated carbocycles. The molecule has 0 bridgehead atoms. The van der Waals surface area contributed by atoms with Crippen molar-refractivity contribution in [2.45, 2.75) is 19.5 Å². The first-order valence-electron chi connectivity index (χ1n) is 9.33. The smallest absolute Gasteiger partial charge is 0.251 e. The summed E-state index contributed by atoms with van der Waals surface area (Å²) in [5, 5.41) is 3.01. The van der Waals surface area contributed by atoms with Gasteiger partial charge in [0.05, 0.1) is 30.3 Å². The molecule has 1 amide bonds. The number of carbonyl (C=O) groups is 1. The largest absolute Gasteiger partial charge is 0.379 e. The van der Waals surface area contributed by atoms with Gasteiger partial charge in [-0.1, -0.05) is 24.3 Å². The minimum absolute atomic E-state index is 0.0964. The van der Waals surface area contributed by atoms with Crippen LogP contribution in [0.5, 0.6) is 0 Å². The molecule has 27 heavy (non-hydrogen) atoms. The second-order valence-corrected chi connectivity index (χ2v) is 6.92. The van der Waals surface area contributed by atoms with E-state index in [1.807, 2.05) is 55.5 Å². The van der Waals surface area contributed by atoms with Crippen molar-refractivity contribution in [2.24, 2.45) is 0 Å². The number of hydrogen-bond acceptors (Lipinski definition) is 4. The summed E-state index contributed by atoms with van der Waals surface area (Å²) in [6.07, 6.45) is 0. The predicted molar refractivity (Wildman–Crippen MR) is 105 cm³/mol. The summed E-state index contributed by atoms with van der Waals surface area (Å²) in [6.45, 7) is 6.32. The lowest BCUT2D eigenvalue weighted by atomic mass is 10.1. The number of benzene rings is 2. The molecule has 3 aromatic rings. The Morgan fingerprint density at radius 2 is 1.93 bits per heavy atom. The molecule has 1 fully saturated rings. The molecule has 1 atom stereocenters. The van der Waals surface area contributed by atoms with Crippen molar-refractivity contribution < 1.29 is 9.53 Å². The highest BCUT2D eigenvalue weighted by Crippen LogP contribution is 2.16. The fourth-order valence-corrected chi connectivity index (χ4v) is 3.30. The van der Waals surface area contributed by atoms with Crippen LogP contribution in [0.2, 0.25) is 0 Å². The van der Waals surface area contributed by atoms with E-state index in [1.54, 1.807) is 0 Å². The van der Waals surface area contributed by atoms with Gasteiger partial charge in [-0.3, -0.25) is 9.69 Å². The monoisotopic (exact) mass is 364 g/mol. The van der Waals surface area contributed by atoms with Crippen molar-refractivity contribution in [3.8, 4) is 0 Å². The second-order valence-electron chi connectivity index (χ2n) is 6.92. The van der Waals surface area contributed by atoms with E-state index in [1.165, 1.54) is 5.56 Å². The maximum Gasteiger partial charge on any atom is 0.251 e. The third-order valence-corrected chi connectivity index (χ3v) is 4.89. The van der Waals surface area contributed by atoms with Crippen LogP contribution >= 0.6 is 0 Å². The first kappa shape index (κ1) is 17.7. The first-order chi connectivity index (χ1) is 13.2. The van der Waals surface area contributed by atoms with E-state index in [4.69, 9.17) is 4.74 Å². The minimum atomic E-state index is -0.196. The topological polar surface area (TPSA) is 70.2 Å². The molecule has 2 aromatic carbocycles. The van der Waals surface area contributed by atoms with Gasteiger partial charge in [0, 0.05) is 25.2 Å². The molecule has 1 aromatic heterocycles. The molecular weight excluding hydrogens is 340 g/mol. The second kappa shape index (κ2) is 7.90. The van der Waals surface area contributed by atoms with Gasteiger partial charge in [-0.25, -0.2) is 4.98 Å². The van der Waals surface area contributed by atoms with E-state index in [0.717, 1.165) is 49.7 Å². The third kappa shape index (κ3) is 4.18. The van der Waals surface area contributed by atoms with Gasteiger partial charge in [0.25, 0.3) is 5.91 Å². The van der Waals surface area contributed by atoms with E-state index in [2.05, 4.69) is 20.2 Å². The number of morpholine rings is 1. The van der Waals surface area contributed by atoms with Crippen LogP contribution in [0.15, 0.2) is 48.5 Å². The zero-order chi connectivity index (χ0) is 18.6.